The van der Waals surface area contributed by atoms with Gasteiger partial charge < -0.3 is 9.47 Å². The molecule has 1 aliphatic rings. The number of fused-ring (bicyclic) bond motifs is 1. The van der Waals surface area contributed by atoms with E-state index in [1.54, 1.807) is 23.5 Å². The fourth-order valence-corrected chi connectivity index (χ4v) is 5.52. The third-order valence-corrected chi connectivity index (χ3v) is 7.43. The van der Waals surface area contributed by atoms with E-state index in [2.05, 4.69) is 4.98 Å². The first kappa shape index (κ1) is 19.1. The van der Waals surface area contributed by atoms with E-state index in [-0.39, 0.29) is 4.90 Å². The fourth-order valence-electron chi connectivity index (χ4n) is 3.05. The molecule has 2 heterocycles. The van der Waals surface area contributed by atoms with Crippen LogP contribution in [0, 0.1) is 0 Å². The lowest BCUT2D eigenvalue weighted by atomic mass is 10.2. The van der Waals surface area contributed by atoms with Crippen molar-refractivity contribution in [2.75, 3.05) is 33.4 Å². The monoisotopic (exact) mass is 416 g/mol. The molecule has 1 aliphatic heterocycles. The van der Waals surface area contributed by atoms with E-state index in [1.165, 1.54) is 11.4 Å². The van der Waals surface area contributed by atoms with E-state index in [1.807, 2.05) is 42.5 Å². The summed E-state index contributed by atoms with van der Waals surface area (Å²) in [5.41, 5.74) is 1.73. The summed E-state index contributed by atoms with van der Waals surface area (Å²) in [5.74, 6) is 0.337. The van der Waals surface area contributed by atoms with Gasteiger partial charge in [0.15, 0.2) is 0 Å². The summed E-state index contributed by atoms with van der Waals surface area (Å²) in [6.45, 7) is 1.49. The van der Waals surface area contributed by atoms with Crippen LogP contribution in [0.3, 0.4) is 0 Å². The maximum absolute atomic E-state index is 13.1. The second-order valence-electron chi connectivity index (χ2n) is 6.28. The van der Waals surface area contributed by atoms with E-state index in [0.29, 0.717) is 32.1 Å². The summed E-state index contributed by atoms with van der Waals surface area (Å²) in [4.78, 5) is 4.74. The molecule has 4 rings (SSSR count). The highest BCUT2D eigenvalue weighted by molar-refractivity contribution is 7.89. The highest BCUT2D eigenvalue weighted by Gasteiger charge is 2.29. The number of ether oxygens (including phenoxy) is 2. The Morgan fingerprint density at radius 3 is 2.68 bits per heavy atom. The van der Waals surface area contributed by atoms with Crippen LogP contribution in [0.4, 0.5) is 0 Å². The first-order valence-corrected chi connectivity index (χ1v) is 11.1. The Morgan fingerprint density at radius 1 is 1.14 bits per heavy atom. The molecule has 0 N–H and O–H groups in total. The van der Waals surface area contributed by atoms with Crippen molar-refractivity contribution < 1.29 is 17.9 Å². The van der Waals surface area contributed by atoms with Crippen molar-refractivity contribution in [1.29, 1.82) is 0 Å². The molecule has 3 aromatic rings. The number of methoxy groups -OCH3 is 1. The topological polar surface area (TPSA) is 68.7 Å². The van der Waals surface area contributed by atoms with Gasteiger partial charge in [-0.25, -0.2) is 13.4 Å². The van der Waals surface area contributed by atoms with Crippen LogP contribution < -0.4 is 4.74 Å². The Balaban J connectivity index is 1.66. The molecule has 28 heavy (non-hydrogen) atoms. The van der Waals surface area contributed by atoms with Gasteiger partial charge in [0.1, 0.15) is 15.7 Å². The third-order valence-electron chi connectivity index (χ3n) is 4.50. The third kappa shape index (κ3) is 3.81. The average molecular weight is 417 g/mol. The molecule has 0 atom stereocenters. The second kappa shape index (κ2) is 8.00. The number of sulfonamides is 1. The van der Waals surface area contributed by atoms with Crippen LogP contribution in [-0.4, -0.2) is 51.1 Å². The number of benzene rings is 2. The summed E-state index contributed by atoms with van der Waals surface area (Å²) in [5, 5.41) is 0.870. The smallest absolute Gasteiger partial charge is 0.246 e. The predicted octanol–water partition coefficient (Wildman–Crippen LogP) is 3.50. The van der Waals surface area contributed by atoms with E-state index in [4.69, 9.17) is 9.47 Å². The summed E-state index contributed by atoms with van der Waals surface area (Å²) >= 11 is 1.59. The Hall–Kier alpha value is -2.26. The number of hydrogen-bond acceptors (Lipinski definition) is 6. The van der Waals surface area contributed by atoms with Crippen LogP contribution >= 0.6 is 11.3 Å². The largest absolute Gasteiger partial charge is 0.495 e. The minimum atomic E-state index is -3.65. The highest BCUT2D eigenvalue weighted by Crippen LogP contribution is 2.29. The first-order chi connectivity index (χ1) is 13.6. The quantitative estimate of drug-likeness (QED) is 0.637. The molecular formula is C20H20N2O4S2. The minimum absolute atomic E-state index is 0.170. The number of nitrogens with zero attached hydrogens (tertiary/aromatic N) is 2. The van der Waals surface area contributed by atoms with Crippen LogP contribution in [0.15, 0.2) is 47.4 Å². The molecular weight excluding hydrogens is 396 g/mol. The lowest BCUT2D eigenvalue weighted by Gasteiger charge is -2.26. The molecule has 1 saturated heterocycles. The van der Waals surface area contributed by atoms with Gasteiger partial charge in [-0.3, -0.25) is 0 Å². The van der Waals surface area contributed by atoms with Crippen LogP contribution in [0.5, 0.6) is 5.75 Å². The van der Waals surface area contributed by atoms with Gasteiger partial charge in [-0.15, -0.1) is 11.3 Å². The van der Waals surface area contributed by atoms with Crippen molar-refractivity contribution in [2.24, 2.45) is 0 Å². The molecule has 0 spiro atoms. The molecule has 8 heteroatoms. The van der Waals surface area contributed by atoms with Crippen molar-refractivity contribution in [3.8, 4) is 5.75 Å². The zero-order valence-corrected chi connectivity index (χ0v) is 17.0. The molecule has 1 aromatic heterocycles. The number of morpholine rings is 1. The van der Waals surface area contributed by atoms with Crippen LogP contribution in [-0.2, 0) is 14.8 Å². The molecule has 2 aromatic carbocycles. The van der Waals surface area contributed by atoms with E-state index >= 15 is 0 Å². The molecule has 0 aliphatic carbocycles. The average Bonchev–Trinajstić information content (AvgIpc) is 3.15. The number of rotatable bonds is 5. The minimum Gasteiger partial charge on any atom is -0.495 e. The Labute approximate surface area is 168 Å². The summed E-state index contributed by atoms with van der Waals surface area (Å²) in [6, 6.07) is 13.1. The molecule has 0 amide bonds. The van der Waals surface area contributed by atoms with Gasteiger partial charge in [-0.2, -0.15) is 4.31 Å². The van der Waals surface area contributed by atoms with Gasteiger partial charge in [0.2, 0.25) is 10.0 Å². The van der Waals surface area contributed by atoms with Crippen molar-refractivity contribution >= 4 is 43.7 Å². The van der Waals surface area contributed by atoms with Crippen LogP contribution in [0.1, 0.15) is 10.6 Å². The van der Waals surface area contributed by atoms with Crippen LogP contribution in [0.2, 0.25) is 0 Å². The standard InChI is InChI=1S/C20H20N2O4S2/c1-25-17-8-6-15(7-9-20-21-16-4-2-3-5-18(16)27-20)14-19(17)28(23,24)22-10-12-26-13-11-22/h2-9,14H,10-13H2,1H3. The van der Waals surface area contributed by atoms with Gasteiger partial charge in [-0.1, -0.05) is 24.3 Å². The zero-order valence-electron chi connectivity index (χ0n) is 15.4. The number of aromatic nitrogens is 1. The second-order valence-corrected chi connectivity index (χ2v) is 9.25. The molecule has 0 unspecified atom stereocenters. The molecule has 1 fully saturated rings. The van der Waals surface area contributed by atoms with Gasteiger partial charge in [0, 0.05) is 13.1 Å². The summed E-state index contributed by atoms with van der Waals surface area (Å²) in [7, 11) is -2.17. The number of para-hydroxylation sites is 1. The lowest BCUT2D eigenvalue weighted by Crippen LogP contribution is -2.40. The van der Waals surface area contributed by atoms with Gasteiger partial charge in [-0.05, 0) is 35.9 Å². The maximum Gasteiger partial charge on any atom is 0.246 e. The Kier molecular flexibility index (Phi) is 5.45. The van der Waals surface area contributed by atoms with Gasteiger partial charge in [0.25, 0.3) is 0 Å². The van der Waals surface area contributed by atoms with Gasteiger partial charge >= 0.3 is 0 Å². The molecule has 0 bridgehead atoms. The zero-order chi connectivity index (χ0) is 19.6. The molecule has 6 nitrogen and oxygen atoms in total. The Morgan fingerprint density at radius 2 is 1.93 bits per heavy atom. The van der Waals surface area contributed by atoms with E-state index in [9.17, 15) is 8.42 Å². The first-order valence-electron chi connectivity index (χ1n) is 8.87. The molecule has 0 saturated carbocycles. The highest BCUT2D eigenvalue weighted by atomic mass is 32.2. The Bertz CT molecular complexity index is 1080. The number of thiazole rings is 1. The van der Waals surface area contributed by atoms with E-state index < -0.39 is 10.0 Å². The lowest BCUT2D eigenvalue weighted by molar-refractivity contribution is 0.0729. The van der Waals surface area contributed by atoms with Crippen molar-refractivity contribution in [3.63, 3.8) is 0 Å². The normalized spacial score (nSPS) is 16.0. The maximum atomic E-state index is 13.1. The van der Waals surface area contributed by atoms with Crippen molar-refractivity contribution in [2.45, 2.75) is 4.90 Å². The van der Waals surface area contributed by atoms with Crippen molar-refractivity contribution in [3.05, 3.63) is 53.0 Å². The van der Waals surface area contributed by atoms with E-state index in [0.717, 1.165) is 20.8 Å². The molecule has 146 valence electrons. The fraction of sp³-hybridized carbons (Fsp3) is 0.250. The van der Waals surface area contributed by atoms with Gasteiger partial charge in [0.05, 0.1) is 30.5 Å². The summed E-state index contributed by atoms with van der Waals surface area (Å²) < 4.78 is 39.3. The number of hydrogen-bond donors (Lipinski definition) is 0. The van der Waals surface area contributed by atoms with Crippen molar-refractivity contribution in [1.82, 2.24) is 9.29 Å². The molecule has 0 radical (unpaired) electrons. The SMILES string of the molecule is COc1ccc(C=Cc2nc3ccccc3s2)cc1S(=O)(=O)N1CCOCC1. The summed E-state index contributed by atoms with van der Waals surface area (Å²) in [6.07, 6.45) is 3.77. The predicted molar refractivity (Wildman–Crippen MR) is 111 cm³/mol. The van der Waals surface area contributed by atoms with Crippen LogP contribution in [0.25, 0.3) is 22.4 Å².